The molecule has 0 spiro atoms. The highest BCUT2D eigenvalue weighted by Gasteiger charge is 2.19. The Morgan fingerprint density at radius 3 is 2.83 bits per heavy atom. The molecule has 0 saturated carbocycles. The van der Waals surface area contributed by atoms with Crippen LogP contribution < -0.4 is 5.32 Å². The van der Waals surface area contributed by atoms with Crippen molar-refractivity contribution in [2.24, 2.45) is 0 Å². The van der Waals surface area contributed by atoms with Crippen molar-refractivity contribution in [3.63, 3.8) is 0 Å². The van der Waals surface area contributed by atoms with Crippen molar-refractivity contribution >= 4 is 16.7 Å². The maximum absolute atomic E-state index is 13.2. The number of nitrogens with one attached hydrogen (secondary N) is 2. The molecule has 124 valence electrons. The molecule has 2 N–H and O–H groups in total. The first kappa shape index (κ1) is 15.1. The van der Waals surface area contributed by atoms with Crippen LogP contribution in [-0.2, 0) is 0 Å². The van der Waals surface area contributed by atoms with E-state index in [1.807, 2.05) is 12.3 Å². The van der Waals surface area contributed by atoms with E-state index in [0.29, 0.717) is 6.04 Å². The summed E-state index contributed by atoms with van der Waals surface area (Å²) in [5.41, 5.74) is 2.56. The zero-order valence-electron chi connectivity index (χ0n) is 13.6. The highest BCUT2D eigenvalue weighted by atomic mass is 19.1. The molecule has 6 heteroatoms. The van der Waals surface area contributed by atoms with Gasteiger partial charge in [0.1, 0.15) is 11.5 Å². The van der Waals surface area contributed by atoms with Crippen molar-refractivity contribution in [1.29, 1.82) is 0 Å². The Kier molecular flexibility index (Phi) is 3.90. The number of likely N-dealkylation sites (tertiary alicyclic amines) is 1. The summed E-state index contributed by atoms with van der Waals surface area (Å²) in [5, 5.41) is 13.3. The second kappa shape index (κ2) is 6.20. The van der Waals surface area contributed by atoms with Crippen LogP contribution in [0.1, 0.15) is 12.8 Å². The van der Waals surface area contributed by atoms with Crippen molar-refractivity contribution in [2.45, 2.75) is 18.9 Å². The second-order valence-electron chi connectivity index (χ2n) is 6.42. The van der Waals surface area contributed by atoms with Crippen molar-refractivity contribution in [1.82, 2.24) is 20.1 Å². The van der Waals surface area contributed by atoms with Crippen LogP contribution in [0.25, 0.3) is 22.2 Å². The summed E-state index contributed by atoms with van der Waals surface area (Å²) in [5.74, 6) is 0.526. The lowest BCUT2D eigenvalue weighted by Gasteiger charge is -2.30. The first-order valence-electron chi connectivity index (χ1n) is 8.25. The number of aromatic nitrogens is 3. The van der Waals surface area contributed by atoms with Crippen LogP contribution in [0.4, 0.5) is 10.2 Å². The Labute approximate surface area is 139 Å². The highest BCUT2D eigenvalue weighted by Crippen LogP contribution is 2.29. The summed E-state index contributed by atoms with van der Waals surface area (Å²) in [6.07, 6.45) is 4.20. The molecule has 0 aliphatic carbocycles. The third-order valence-electron chi connectivity index (χ3n) is 4.57. The number of hydrogen-bond donors (Lipinski definition) is 2. The van der Waals surface area contributed by atoms with Gasteiger partial charge in [-0.05, 0) is 56.8 Å². The van der Waals surface area contributed by atoms with E-state index in [1.54, 1.807) is 12.1 Å². The molecule has 3 aromatic rings. The number of piperidine rings is 1. The molecule has 1 fully saturated rings. The zero-order chi connectivity index (χ0) is 16.5. The average molecular weight is 325 g/mol. The second-order valence-corrected chi connectivity index (χ2v) is 6.42. The summed E-state index contributed by atoms with van der Waals surface area (Å²) in [4.78, 5) is 5.58. The van der Waals surface area contributed by atoms with Gasteiger partial charge < -0.3 is 15.2 Å². The third-order valence-corrected chi connectivity index (χ3v) is 4.57. The van der Waals surface area contributed by atoms with Gasteiger partial charge in [-0.3, -0.25) is 0 Å². The van der Waals surface area contributed by atoms with E-state index in [2.05, 4.69) is 32.4 Å². The molecule has 1 aromatic carbocycles. The maximum atomic E-state index is 13.2. The Balaban J connectivity index is 1.68. The number of benzene rings is 1. The monoisotopic (exact) mass is 325 g/mol. The van der Waals surface area contributed by atoms with Gasteiger partial charge in [-0.2, -0.15) is 0 Å². The van der Waals surface area contributed by atoms with Crippen molar-refractivity contribution < 1.29 is 4.39 Å². The molecule has 1 aliphatic rings. The maximum Gasteiger partial charge on any atom is 0.173 e. The van der Waals surface area contributed by atoms with Crippen LogP contribution in [0.5, 0.6) is 0 Å². The molecular weight excluding hydrogens is 305 g/mol. The molecule has 1 atom stereocenters. The molecule has 0 bridgehead atoms. The molecule has 0 unspecified atom stereocenters. The van der Waals surface area contributed by atoms with Gasteiger partial charge in [0.15, 0.2) is 5.82 Å². The summed E-state index contributed by atoms with van der Waals surface area (Å²) in [6, 6.07) is 8.71. The van der Waals surface area contributed by atoms with Crippen LogP contribution in [0.2, 0.25) is 0 Å². The number of nitrogens with zero attached hydrogens (tertiary/aromatic N) is 3. The molecule has 5 nitrogen and oxygen atoms in total. The smallest absolute Gasteiger partial charge is 0.173 e. The normalized spacial score (nSPS) is 18.8. The number of H-pyrrole nitrogens is 1. The van der Waals surface area contributed by atoms with E-state index in [-0.39, 0.29) is 5.82 Å². The average Bonchev–Trinajstić information content (AvgIpc) is 3.06. The Bertz CT molecular complexity index is 842. The van der Waals surface area contributed by atoms with Crippen LogP contribution in [0, 0.1) is 5.82 Å². The molecule has 4 rings (SSSR count). The van der Waals surface area contributed by atoms with Gasteiger partial charge in [-0.15, -0.1) is 10.2 Å². The van der Waals surface area contributed by atoms with Crippen LogP contribution in [-0.4, -0.2) is 46.3 Å². The summed E-state index contributed by atoms with van der Waals surface area (Å²) in [6.45, 7) is 2.15. The number of halogens is 1. The fourth-order valence-electron chi connectivity index (χ4n) is 3.37. The quantitative estimate of drug-likeness (QED) is 0.776. The molecule has 0 radical (unpaired) electrons. The number of rotatable bonds is 3. The minimum absolute atomic E-state index is 0.253. The van der Waals surface area contributed by atoms with Gasteiger partial charge in [0.2, 0.25) is 0 Å². The standard InChI is InChI=1S/C18H20FN5/c1-24-10-2-3-14(11-24)21-18-17-15(8-9-20-17)16(22-23-18)12-4-6-13(19)7-5-12/h4-9,14,20H,2-3,10-11H2,1H3,(H,21,23)/t14-/m1/s1. The number of hydrogen-bond acceptors (Lipinski definition) is 4. The molecule has 0 amide bonds. The van der Waals surface area contributed by atoms with E-state index in [0.717, 1.165) is 47.5 Å². The van der Waals surface area contributed by atoms with Crippen LogP contribution in [0.15, 0.2) is 36.5 Å². The Hall–Kier alpha value is -2.47. The number of aromatic amines is 1. The lowest BCUT2D eigenvalue weighted by Crippen LogP contribution is -2.40. The summed E-state index contributed by atoms with van der Waals surface area (Å²) in [7, 11) is 2.14. The predicted molar refractivity (Wildman–Crippen MR) is 93.4 cm³/mol. The zero-order valence-corrected chi connectivity index (χ0v) is 13.6. The van der Waals surface area contributed by atoms with Gasteiger partial charge in [0, 0.05) is 29.7 Å². The van der Waals surface area contributed by atoms with Crippen molar-refractivity contribution in [2.75, 3.05) is 25.5 Å². The predicted octanol–water partition coefficient (Wildman–Crippen LogP) is 3.27. The number of likely N-dealkylation sites (N-methyl/N-ethyl adjacent to an activating group) is 1. The molecule has 24 heavy (non-hydrogen) atoms. The Morgan fingerprint density at radius 1 is 1.21 bits per heavy atom. The number of fused-ring (bicyclic) bond motifs is 1. The summed E-state index contributed by atoms with van der Waals surface area (Å²) >= 11 is 0. The van der Waals surface area contributed by atoms with Crippen LogP contribution >= 0.6 is 0 Å². The van der Waals surface area contributed by atoms with Crippen molar-refractivity contribution in [3.05, 3.63) is 42.3 Å². The SMILES string of the molecule is CN1CCC[C@@H](Nc2nnc(-c3ccc(F)cc3)c3cc[nH]c23)C1. The first-order chi connectivity index (χ1) is 11.7. The van der Waals surface area contributed by atoms with Crippen molar-refractivity contribution in [3.8, 4) is 11.3 Å². The van der Waals surface area contributed by atoms with Gasteiger partial charge in [-0.1, -0.05) is 0 Å². The largest absolute Gasteiger partial charge is 0.363 e. The Morgan fingerprint density at radius 2 is 2.04 bits per heavy atom. The van der Waals surface area contributed by atoms with Gasteiger partial charge in [0.05, 0.1) is 5.52 Å². The van der Waals surface area contributed by atoms with Gasteiger partial charge >= 0.3 is 0 Å². The lowest BCUT2D eigenvalue weighted by atomic mass is 10.1. The van der Waals surface area contributed by atoms with Gasteiger partial charge in [-0.25, -0.2) is 4.39 Å². The van der Waals surface area contributed by atoms with E-state index in [9.17, 15) is 4.39 Å². The fourth-order valence-corrected chi connectivity index (χ4v) is 3.37. The van der Waals surface area contributed by atoms with Gasteiger partial charge in [0.25, 0.3) is 0 Å². The topological polar surface area (TPSA) is 56.8 Å². The minimum Gasteiger partial charge on any atom is -0.363 e. The van der Waals surface area contributed by atoms with E-state index < -0.39 is 0 Å². The number of anilines is 1. The highest BCUT2D eigenvalue weighted by molar-refractivity contribution is 5.98. The van der Waals surface area contributed by atoms with Crippen LogP contribution in [0.3, 0.4) is 0 Å². The lowest BCUT2D eigenvalue weighted by molar-refractivity contribution is 0.261. The van der Waals surface area contributed by atoms with E-state index in [1.165, 1.54) is 18.6 Å². The molecule has 3 heterocycles. The molecule has 1 aliphatic heterocycles. The van der Waals surface area contributed by atoms with E-state index in [4.69, 9.17) is 0 Å². The minimum atomic E-state index is -0.253. The molecule has 1 saturated heterocycles. The third kappa shape index (κ3) is 2.85. The molecular formula is C18H20FN5. The summed E-state index contributed by atoms with van der Waals surface area (Å²) < 4.78 is 13.2. The van der Waals surface area contributed by atoms with E-state index >= 15 is 0 Å². The fraction of sp³-hybridized carbons (Fsp3) is 0.333. The first-order valence-corrected chi connectivity index (χ1v) is 8.25. The molecule has 2 aromatic heterocycles.